The Morgan fingerprint density at radius 1 is 0.957 bits per heavy atom. The summed E-state index contributed by atoms with van der Waals surface area (Å²) in [4.78, 5) is 2.48. The molecule has 0 aliphatic carbocycles. The maximum atomic E-state index is 3.44. The fourth-order valence-electron chi connectivity index (χ4n) is 3.42. The summed E-state index contributed by atoms with van der Waals surface area (Å²) in [6.07, 6.45) is 0. The van der Waals surface area contributed by atoms with E-state index in [1.807, 2.05) is 0 Å². The Bertz CT molecular complexity index is 738. The Morgan fingerprint density at radius 3 is 2.52 bits per heavy atom. The van der Waals surface area contributed by atoms with Crippen LogP contribution in [0.15, 0.2) is 60.3 Å². The van der Waals surface area contributed by atoms with Crippen LogP contribution in [0, 0.1) is 0 Å². The van der Waals surface area contributed by atoms with Crippen molar-refractivity contribution in [3.05, 3.63) is 71.4 Å². The lowest BCUT2D eigenvalue weighted by Crippen LogP contribution is -2.41. The summed E-state index contributed by atoms with van der Waals surface area (Å²) in [6.45, 7) is 5.06. The van der Waals surface area contributed by atoms with Crippen molar-refractivity contribution < 1.29 is 0 Å². The van der Waals surface area contributed by atoms with E-state index in [1.165, 1.54) is 28.2 Å². The molecule has 2 aliphatic rings. The third-order valence-electron chi connectivity index (χ3n) is 4.70. The normalized spacial score (nSPS) is 17.2. The largest absolute Gasteiger partial charge is 0.365 e. The first-order chi connectivity index (χ1) is 11.2. The van der Waals surface area contributed by atoms with Crippen molar-refractivity contribution in [2.45, 2.75) is 13.5 Å². The van der Waals surface area contributed by atoms with Gasteiger partial charge in [-0.1, -0.05) is 48.5 Å². The Labute approximate surface area is 137 Å². The van der Waals surface area contributed by atoms with Gasteiger partial charge in [0.15, 0.2) is 0 Å². The number of hydrazine groups is 2. The van der Waals surface area contributed by atoms with Crippen LogP contribution in [0.1, 0.15) is 18.1 Å². The number of fused-ring (bicyclic) bond motifs is 3. The minimum absolute atomic E-state index is 0.938. The molecule has 0 saturated heterocycles. The predicted octanol–water partition coefficient (Wildman–Crippen LogP) is 3.06. The summed E-state index contributed by atoms with van der Waals surface area (Å²) in [5.74, 6) is 0. The number of allylic oxidation sites excluding steroid dienone is 1. The highest BCUT2D eigenvalue weighted by atomic mass is 15.8. The van der Waals surface area contributed by atoms with Crippen molar-refractivity contribution in [2.75, 3.05) is 25.0 Å². The molecule has 0 amide bonds. The first-order valence-electron chi connectivity index (χ1n) is 8.11. The lowest BCUT2D eigenvalue weighted by molar-refractivity contribution is 0.165. The molecular formula is C19H22N4. The Hall–Kier alpha value is -2.46. The van der Waals surface area contributed by atoms with Gasteiger partial charge in [-0.15, -0.1) is 5.53 Å². The number of hydrogen-bond donors (Lipinski definition) is 1. The van der Waals surface area contributed by atoms with Gasteiger partial charge in [0.2, 0.25) is 0 Å². The molecule has 0 atom stereocenters. The van der Waals surface area contributed by atoms with Crippen LogP contribution in [0.4, 0.5) is 5.69 Å². The maximum Gasteiger partial charge on any atom is 0.0834 e. The van der Waals surface area contributed by atoms with Crippen LogP contribution in [0.3, 0.4) is 0 Å². The van der Waals surface area contributed by atoms with Crippen LogP contribution in [0.2, 0.25) is 0 Å². The number of benzene rings is 2. The molecule has 0 saturated carbocycles. The maximum absolute atomic E-state index is 3.44. The standard InChI is InChI=1S/C19H22N4/c1-15-19-17-10-6-7-11-18(17)22(12-13-23(19)20-21(15)2)14-16-8-4-3-5-9-16/h3-11,20H,12-14H2,1-2H3. The number of para-hydroxylation sites is 1. The van der Waals surface area contributed by atoms with E-state index in [0.717, 1.165) is 19.6 Å². The van der Waals surface area contributed by atoms with Crippen LogP contribution in [0.5, 0.6) is 0 Å². The van der Waals surface area contributed by atoms with E-state index in [-0.39, 0.29) is 0 Å². The van der Waals surface area contributed by atoms with Gasteiger partial charge in [0.1, 0.15) is 0 Å². The average molecular weight is 306 g/mol. The van der Waals surface area contributed by atoms with Gasteiger partial charge in [0, 0.05) is 31.4 Å². The molecule has 4 nitrogen and oxygen atoms in total. The fraction of sp³-hybridized carbons (Fsp3) is 0.263. The van der Waals surface area contributed by atoms with Crippen LogP contribution in [-0.2, 0) is 6.54 Å². The summed E-state index contributed by atoms with van der Waals surface area (Å²) in [6, 6.07) is 19.4. The SMILES string of the molecule is CC1=C2c3ccccc3N(Cc3ccccc3)CCN2NN1C. The number of nitrogens with zero attached hydrogens (tertiary/aromatic N) is 3. The van der Waals surface area contributed by atoms with Crippen LogP contribution in [-0.4, -0.2) is 30.2 Å². The van der Waals surface area contributed by atoms with Crippen LogP contribution >= 0.6 is 0 Å². The molecule has 23 heavy (non-hydrogen) atoms. The predicted molar refractivity (Wildman–Crippen MR) is 94.1 cm³/mol. The molecule has 0 unspecified atom stereocenters. The van der Waals surface area contributed by atoms with Crippen LogP contribution < -0.4 is 10.4 Å². The highest BCUT2D eigenvalue weighted by Crippen LogP contribution is 2.36. The van der Waals surface area contributed by atoms with Crippen molar-refractivity contribution >= 4 is 11.4 Å². The zero-order valence-corrected chi connectivity index (χ0v) is 13.7. The van der Waals surface area contributed by atoms with E-state index in [2.05, 4.69) is 89.0 Å². The highest BCUT2D eigenvalue weighted by Gasteiger charge is 2.30. The molecule has 0 fully saturated rings. The third-order valence-corrected chi connectivity index (χ3v) is 4.70. The zero-order valence-electron chi connectivity index (χ0n) is 13.7. The first kappa shape index (κ1) is 14.2. The van der Waals surface area contributed by atoms with Gasteiger partial charge >= 0.3 is 0 Å². The lowest BCUT2D eigenvalue weighted by Gasteiger charge is -2.26. The zero-order chi connectivity index (χ0) is 15.8. The molecule has 2 aromatic rings. The number of rotatable bonds is 2. The number of nitrogens with one attached hydrogen (secondary N) is 1. The van der Waals surface area contributed by atoms with E-state index in [9.17, 15) is 0 Å². The minimum atomic E-state index is 0.938. The van der Waals surface area contributed by atoms with Gasteiger partial charge in [-0.3, -0.25) is 10.0 Å². The van der Waals surface area contributed by atoms with Crippen molar-refractivity contribution in [1.82, 2.24) is 15.6 Å². The molecule has 4 rings (SSSR count). The van der Waals surface area contributed by atoms with Crippen molar-refractivity contribution in [3.8, 4) is 0 Å². The monoisotopic (exact) mass is 306 g/mol. The summed E-state index contributed by atoms with van der Waals surface area (Å²) < 4.78 is 0. The first-order valence-corrected chi connectivity index (χ1v) is 8.11. The van der Waals surface area contributed by atoms with Crippen molar-refractivity contribution in [3.63, 3.8) is 0 Å². The van der Waals surface area contributed by atoms with Crippen LogP contribution in [0.25, 0.3) is 5.70 Å². The summed E-state index contributed by atoms with van der Waals surface area (Å²) in [5.41, 5.74) is 9.95. The van der Waals surface area contributed by atoms with E-state index in [1.54, 1.807) is 0 Å². The lowest BCUT2D eigenvalue weighted by atomic mass is 10.1. The highest BCUT2D eigenvalue weighted by molar-refractivity contribution is 5.79. The number of anilines is 1. The molecule has 1 N–H and O–H groups in total. The molecule has 0 aromatic heterocycles. The molecule has 0 bridgehead atoms. The Balaban J connectivity index is 1.76. The molecule has 2 aliphatic heterocycles. The van der Waals surface area contributed by atoms with E-state index in [4.69, 9.17) is 0 Å². The van der Waals surface area contributed by atoms with E-state index in [0.29, 0.717) is 0 Å². The minimum Gasteiger partial charge on any atom is -0.365 e. The van der Waals surface area contributed by atoms with E-state index >= 15 is 0 Å². The van der Waals surface area contributed by atoms with Gasteiger partial charge in [0.25, 0.3) is 0 Å². The molecule has 118 valence electrons. The second-order valence-corrected chi connectivity index (χ2v) is 6.17. The molecule has 2 heterocycles. The quantitative estimate of drug-likeness (QED) is 0.920. The summed E-state index contributed by atoms with van der Waals surface area (Å²) in [5, 5.41) is 4.36. The Morgan fingerprint density at radius 2 is 1.70 bits per heavy atom. The molecular weight excluding hydrogens is 284 g/mol. The Kier molecular flexibility index (Phi) is 3.46. The smallest absolute Gasteiger partial charge is 0.0834 e. The topological polar surface area (TPSA) is 21.8 Å². The van der Waals surface area contributed by atoms with Gasteiger partial charge in [-0.25, -0.2) is 0 Å². The fourth-order valence-corrected chi connectivity index (χ4v) is 3.42. The molecule has 4 heteroatoms. The van der Waals surface area contributed by atoms with Crippen molar-refractivity contribution in [1.29, 1.82) is 0 Å². The molecule has 0 radical (unpaired) electrons. The second kappa shape index (κ2) is 5.63. The third kappa shape index (κ3) is 2.45. The van der Waals surface area contributed by atoms with Gasteiger partial charge in [0.05, 0.1) is 17.9 Å². The molecule has 0 spiro atoms. The van der Waals surface area contributed by atoms with Gasteiger partial charge in [-0.05, 0) is 18.6 Å². The average Bonchev–Trinajstić information content (AvgIpc) is 2.77. The summed E-state index contributed by atoms with van der Waals surface area (Å²) in [7, 11) is 2.07. The van der Waals surface area contributed by atoms with Gasteiger partial charge < -0.3 is 4.90 Å². The second-order valence-electron chi connectivity index (χ2n) is 6.17. The molecule has 2 aromatic carbocycles. The van der Waals surface area contributed by atoms with Crippen molar-refractivity contribution in [2.24, 2.45) is 0 Å². The van der Waals surface area contributed by atoms with Gasteiger partial charge in [-0.2, -0.15) is 0 Å². The number of hydrogen-bond acceptors (Lipinski definition) is 4. The summed E-state index contributed by atoms with van der Waals surface area (Å²) >= 11 is 0. The van der Waals surface area contributed by atoms with E-state index < -0.39 is 0 Å².